The van der Waals surface area contributed by atoms with Crippen LogP contribution in [-0.4, -0.2) is 7.11 Å². The van der Waals surface area contributed by atoms with Crippen molar-refractivity contribution in [3.8, 4) is 5.75 Å². The van der Waals surface area contributed by atoms with Gasteiger partial charge >= 0.3 is 0 Å². The fraction of sp³-hybridized carbons (Fsp3) is 0.231. The second-order valence-electron chi connectivity index (χ2n) is 3.86. The second-order valence-corrected chi connectivity index (χ2v) is 6.46. The highest BCUT2D eigenvalue weighted by Gasteiger charge is 2.09. The highest BCUT2D eigenvalue weighted by molar-refractivity contribution is 9.10. The van der Waals surface area contributed by atoms with Crippen LogP contribution in [0, 0.1) is 0 Å². The van der Waals surface area contributed by atoms with Gasteiger partial charge in [-0.15, -0.1) is 11.3 Å². The van der Waals surface area contributed by atoms with Gasteiger partial charge in [0.25, 0.3) is 0 Å². The summed E-state index contributed by atoms with van der Waals surface area (Å²) in [6.07, 6.45) is 0. The summed E-state index contributed by atoms with van der Waals surface area (Å²) >= 11 is 11.0. The summed E-state index contributed by atoms with van der Waals surface area (Å²) in [5.41, 5.74) is 1.04. The number of hydrogen-bond donors (Lipinski definition) is 1. The normalized spacial score (nSPS) is 12.2. The SMILES string of the molecule is COc1ccc(NC(C)c2ccc(Cl)s2)cc1Br. The first kappa shape index (κ1) is 13.7. The van der Waals surface area contributed by atoms with E-state index in [4.69, 9.17) is 16.3 Å². The van der Waals surface area contributed by atoms with Gasteiger partial charge in [-0.1, -0.05) is 11.6 Å². The number of benzene rings is 1. The van der Waals surface area contributed by atoms with Crippen molar-refractivity contribution >= 4 is 44.6 Å². The fourth-order valence-electron chi connectivity index (χ4n) is 1.64. The first-order chi connectivity index (χ1) is 8.60. The molecule has 0 aliphatic heterocycles. The van der Waals surface area contributed by atoms with Gasteiger partial charge in [-0.2, -0.15) is 0 Å². The van der Waals surface area contributed by atoms with E-state index in [0.29, 0.717) is 0 Å². The Bertz CT molecular complexity index is 544. The van der Waals surface area contributed by atoms with E-state index < -0.39 is 0 Å². The minimum atomic E-state index is 0.225. The lowest BCUT2D eigenvalue weighted by atomic mass is 10.2. The quantitative estimate of drug-likeness (QED) is 0.806. The Balaban J connectivity index is 2.12. The Labute approximate surface area is 124 Å². The predicted molar refractivity (Wildman–Crippen MR) is 82.1 cm³/mol. The van der Waals surface area contributed by atoms with Gasteiger partial charge in [0.2, 0.25) is 0 Å². The summed E-state index contributed by atoms with van der Waals surface area (Å²) in [4.78, 5) is 1.21. The van der Waals surface area contributed by atoms with Gasteiger partial charge in [0.15, 0.2) is 0 Å². The molecule has 1 aromatic carbocycles. The molecule has 0 amide bonds. The lowest BCUT2D eigenvalue weighted by Crippen LogP contribution is -2.04. The molecule has 96 valence electrons. The molecule has 0 saturated heterocycles. The Kier molecular flexibility index (Phi) is 4.54. The highest BCUT2D eigenvalue weighted by Crippen LogP contribution is 2.32. The van der Waals surface area contributed by atoms with E-state index in [-0.39, 0.29) is 6.04 Å². The standard InChI is InChI=1S/C13H13BrClNOS/c1-8(12-5-6-13(15)18-12)16-9-3-4-11(17-2)10(14)7-9/h3-8,16H,1-2H3. The summed E-state index contributed by atoms with van der Waals surface area (Å²) < 4.78 is 6.95. The predicted octanol–water partition coefficient (Wildman–Crippen LogP) is 5.35. The first-order valence-electron chi connectivity index (χ1n) is 5.45. The Morgan fingerprint density at radius 1 is 1.33 bits per heavy atom. The maximum Gasteiger partial charge on any atom is 0.133 e. The molecule has 5 heteroatoms. The van der Waals surface area contributed by atoms with Gasteiger partial charge in [0.05, 0.1) is 22.0 Å². The molecule has 0 spiro atoms. The average molecular weight is 347 g/mol. The van der Waals surface area contributed by atoms with Crippen LogP contribution in [-0.2, 0) is 0 Å². The Morgan fingerprint density at radius 3 is 2.67 bits per heavy atom. The molecule has 18 heavy (non-hydrogen) atoms. The summed E-state index contributed by atoms with van der Waals surface area (Å²) in [5.74, 6) is 0.826. The first-order valence-corrected chi connectivity index (χ1v) is 7.44. The molecular formula is C13H13BrClNOS. The zero-order valence-electron chi connectivity index (χ0n) is 10.0. The van der Waals surface area contributed by atoms with Crippen LogP contribution in [0.5, 0.6) is 5.75 Å². The van der Waals surface area contributed by atoms with Crippen LogP contribution < -0.4 is 10.1 Å². The van der Waals surface area contributed by atoms with E-state index in [9.17, 15) is 0 Å². The molecule has 0 bridgehead atoms. The number of thiophene rings is 1. The van der Waals surface area contributed by atoms with Crippen LogP contribution in [0.25, 0.3) is 0 Å². The average Bonchev–Trinajstić information content (AvgIpc) is 2.76. The molecule has 0 saturated carbocycles. The maximum absolute atomic E-state index is 5.94. The number of rotatable bonds is 4. The molecule has 2 rings (SSSR count). The molecule has 2 nitrogen and oxygen atoms in total. The van der Waals surface area contributed by atoms with E-state index in [2.05, 4.69) is 28.2 Å². The van der Waals surface area contributed by atoms with Crippen molar-refractivity contribution in [1.29, 1.82) is 0 Å². The third-order valence-electron chi connectivity index (χ3n) is 2.56. The Morgan fingerprint density at radius 2 is 2.11 bits per heavy atom. The van der Waals surface area contributed by atoms with Gasteiger partial charge in [0.1, 0.15) is 5.75 Å². The number of halogens is 2. The van der Waals surface area contributed by atoms with Crippen LogP contribution in [0.2, 0.25) is 4.34 Å². The molecule has 1 heterocycles. The lowest BCUT2D eigenvalue weighted by Gasteiger charge is -2.14. The molecule has 1 aromatic heterocycles. The van der Waals surface area contributed by atoms with Crippen LogP contribution in [0.3, 0.4) is 0 Å². The van der Waals surface area contributed by atoms with Crippen molar-refractivity contribution < 1.29 is 4.74 Å². The van der Waals surface area contributed by atoms with E-state index in [0.717, 1.165) is 20.2 Å². The van der Waals surface area contributed by atoms with Gasteiger partial charge in [-0.05, 0) is 53.2 Å². The van der Waals surface area contributed by atoms with Gasteiger partial charge in [-0.25, -0.2) is 0 Å². The van der Waals surface area contributed by atoms with Crippen LogP contribution in [0.1, 0.15) is 17.8 Å². The number of anilines is 1. The largest absolute Gasteiger partial charge is 0.496 e. The summed E-state index contributed by atoms with van der Waals surface area (Å²) in [7, 11) is 1.66. The molecule has 1 atom stereocenters. The van der Waals surface area contributed by atoms with Crippen LogP contribution >= 0.6 is 38.9 Å². The van der Waals surface area contributed by atoms with E-state index in [1.807, 2.05) is 30.3 Å². The third kappa shape index (κ3) is 3.19. The second kappa shape index (κ2) is 5.95. The summed E-state index contributed by atoms with van der Waals surface area (Å²) in [5, 5.41) is 3.43. The van der Waals surface area contributed by atoms with Crippen molar-refractivity contribution in [3.63, 3.8) is 0 Å². The molecule has 1 N–H and O–H groups in total. The molecule has 1 unspecified atom stereocenters. The minimum absolute atomic E-state index is 0.225. The van der Waals surface area contributed by atoms with Gasteiger partial charge in [0, 0.05) is 10.6 Å². The molecule has 0 aliphatic carbocycles. The van der Waals surface area contributed by atoms with Crippen LogP contribution in [0.15, 0.2) is 34.8 Å². The van der Waals surface area contributed by atoms with E-state index in [1.165, 1.54) is 4.88 Å². The molecule has 2 aromatic rings. The van der Waals surface area contributed by atoms with Crippen molar-refractivity contribution in [3.05, 3.63) is 44.0 Å². The highest BCUT2D eigenvalue weighted by atomic mass is 79.9. The zero-order chi connectivity index (χ0) is 13.1. The minimum Gasteiger partial charge on any atom is -0.496 e. The summed E-state index contributed by atoms with van der Waals surface area (Å²) in [6, 6.07) is 10.1. The van der Waals surface area contributed by atoms with Gasteiger partial charge < -0.3 is 10.1 Å². The van der Waals surface area contributed by atoms with Crippen molar-refractivity contribution in [2.24, 2.45) is 0 Å². The van der Waals surface area contributed by atoms with Gasteiger partial charge in [-0.3, -0.25) is 0 Å². The monoisotopic (exact) mass is 345 g/mol. The van der Waals surface area contributed by atoms with Crippen molar-refractivity contribution in [1.82, 2.24) is 0 Å². The number of nitrogens with one attached hydrogen (secondary N) is 1. The molecule has 0 radical (unpaired) electrons. The molecule has 0 aliphatic rings. The number of methoxy groups -OCH3 is 1. The van der Waals surface area contributed by atoms with Crippen LogP contribution in [0.4, 0.5) is 5.69 Å². The number of hydrogen-bond acceptors (Lipinski definition) is 3. The molecule has 0 fully saturated rings. The van der Waals surface area contributed by atoms with E-state index in [1.54, 1.807) is 18.4 Å². The third-order valence-corrected chi connectivity index (χ3v) is 4.59. The van der Waals surface area contributed by atoms with E-state index >= 15 is 0 Å². The number of ether oxygens (including phenoxy) is 1. The molecular weight excluding hydrogens is 334 g/mol. The topological polar surface area (TPSA) is 21.3 Å². The lowest BCUT2D eigenvalue weighted by molar-refractivity contribution is 0.412. The maximum atomic E-state index is 5.94. The Hall–Kier alpha value is -0.710. The van der Waals surface area contributed by atoms with Crippen molar-refractivity contribution in [2.75, 3.05) is 12.4 Å². The smallest absolute Gasteiger partial charge is 0.133 e. The summed E-state index contributed by atoms with van der Waals surface area (Å²) in [6.45, 7) is 2.11. The fourth-order valence-corrected chi connectivity index (χ4v) is 3.24. The van der Waals surface area contributed by atoms with Crippen molar-refractivity contribution in [2.45, 2.75) is 13.0 Å². The zero-order valence-corrected chi connectivity index (χ0v) is 13.2.